The molecule has 4 aromatic rings. The second-order valence-corrected chi connectivity index (χ2v) is 17.2. The smallest absolute Gasteiger partial charge is 0.243 e. The van der Waals surface area contributed by atoms with Crippen LogP contribution in [-0.4, -0.2) is 59.2 Å². The van der Waals surface area contributed by atoms with E-state index in [2.05, 4.69) is 96.3 Å². The minimum absolute atomic E-state index is 0.103. The number of carbonyl (C=O) groups is 1. The molecule has 10 heteroatoms. The van der Waals surface area contributed by atoms with Gasteiger partial charge in [0.05, 0.1) is 37.6 Å². The zero-order chi connectivity index (χ0) is 37.0. The van der Waals surface area contributed by atoms with E-state index in [1.54, 1.807) is 33.5 Å². The molecule has 0 aliphatic carbocycles. The maximum Gasteiger partial charge on any atom is 0.243 e. The number of benzene rings is 4. The summed E-state index contributed by atoms with van der Waals surface area (Å²) in [7, 11) is -0.917. The highest BCUT2D eigenvalue weighted by atomic mass is 32.2. The molecular formula is C41H52NO7PS. The number of methoxy groups -OCH3 is 3. The molecule has 1 N–H and O–H groups in total. The Morgan fingerprint density at radius 2 is 1.06 bits per heavy atom. The lowest BCUT2D eigenvalue weighted by Crippen LogP contribution is -2.33. The van der Waals surface area contributed by atoms with Gasteiger partial charge in [0.1, 0.15) is 23.2 Å². The molecule has 0 fully saturated rings. The summed E-state index contributed by atoms with van der Waals surface area (Å²) in [6.45, 7) is 0.683. The normalized spacial score (nSPS) is 11.4. The van der Waals surface area contributed by atoms with Gasteiger partial charge in [-0.2, -0.15) is 0 Å². The average molecular weight is 734 g/mol. The lowest BCUT2D eigenvalue weighted by molar-refractivity contribution is -0.116. The first-order chi connectivity index (χ1) is 24.6. The summed E-state index contributed by atoms with van der Waals surface area (Å²) < 4.78 is 43.4. The van der Waals surface area contributed by atoms with Gasteiger partial charge < -0.3 is 24.1 Å². The Morgan fingerprint density at radius 1 is 0.667 bits per heavy atom. The van der Waals surface area contributed by atoms with Gasteiger partial charge >= 0.3 is 0 Å². The second-order valence-electron chi connectivity index (χ2n) is 12.2. The van der Waals surface area contributed by atoms with Crippen LogP contribution in [0.3, 0.4) is 0 Å². The SMILES string of the molecule is COc1cc(/C=C/C(=O)NCCCCCCCCCC[P+](c2ccccc2)(c2ccccc2)c2ccccc2)cc(OC)c1OC.CS(=O)(=O)[O-]. The number of ether oxygens (including phenoxy) is 3. The topological polar surface area (TPSA) is 114 Å². The molecule has 0 heterocycles. The van der Waals surface area contributed by atoms with Crippen molar-refractivity contribution in [3.63, 3.8) is 0 Å². The molecule has 51 heavy (non-hydrogen) atoms. The monoisotopic (exact) mass is 733 g/mol. The van der Waals surface area contributed by atoms with Gasteiger partial charge in [-0.05, 0) is 79.4 Å². The number of rotatable bonds is 19. The summed E-state index contributed by atoms with van der Waals surface area (Å²) in [5.41, 5.74) is 0.803. The van der Waals surface area contributed by atoms with Crippen LogP contribution < -0.4 is 35.4 Å². The first-order valence-electron chi connectivity index (χ1n) is 17.3. The van der Waals surface area contributed by atoms with Gasteiger partial charge in [0.15, 0.2) is 11.5 Å². The van der Waals surface area contributed by atoms with Gasteiger partial charge in [-0.15, -0.1) is 0 Å². The van der Waals surface area contributed by atoms with Crippen molar-refractivity contribution in [3.05, 3.63) is 115 Å². The fourth-order valence-electron chi connectivity index (χ4n) is 6.06. The van der Waals surface area contributed by atoms with Crippen molar-refractivity contribution in [3.8, 4) is 17.2 Å². The number of hydrogen-bond acceptors (Lipinski definition) is 7. The summed E-state index contributed by atoms with van der Waals surface area (Å²) in [5.74, 6) is 1.55. The summed E-state index contributed by atoms with van der Waals surface area (Å²) in [6.07, 6.45) is 14.7. The highest BCUT2D eigenvalue weighted by Gasteiger charge is 2.44. The third-order valence-corrected chi connectivity index (χ3v) is 13.0. The fourth-order valence-corrected chi connectivity index (χ4v) is 10.5. The van der Waals surface area contributed by atoms with E-state index in [9.17, 15) is 4.79 Å². The molecule has 0 aliphatic heterocycles. The van der Waals surface area contributed by atoms with E-state index < -0.39 is 17.4 Å². The largest absolute Gasteiger partial charge is 0.748 e. The Morgan fingerprint density at radius 3 is 1.45 bits per heavy atom. The Kier molecular flexibility index (Phi) is 17.7. The fraction of sp³-hybridized carbons (Fsp3) is 0.341. The molecule has 1 amide bonds. The van der Waals surface area contributed by atoms with Gasteiger partial charge in [-0.1, -0.05) is 86.7 Å². The Labute approximate surface area is 305 Å². The van der Waals surface area contributed by atoms with E-state index in [0.717, 1.165) is 18.4 Å². The highest BCUT2D eigenvalue weighted by Crippen LogP contribution is 2.56. The number of nitrogens with one attached hydrogen (secondary N) is 1. The molecule has 8 nitrogen and oxygen atoms in total. The Balaban J connectivity index is 0.00000131. The van der Waals surface area contributed by atoms with Crippen molar-refractivity contribution in [1.29, 1.82) is 0 Å². The average Bonchev–Trinajstić information content (AvgIpc) is 3.14. The summed E-state index contributed by atoms with van der Waals surface area (Å²) in [6, 6.07) is 37.2. The van der Waals surface area contributed by atoms with Crippen molar-refractivity contribution in [2.75, 3.05) is 40.3 Å². The number of hydrogen-bond donors (Lipinski definition) is 1. The van der Waals surface area contributed by atoms with Crippen LogP contribution in [0.4, 0.5) is 0 Å². The van der Waals surface area contributed by atoms with E-state index in [1.807, 2.05) is 12.1 Å². The molecule has 0 spiro atoms. The molecule has 0 aromatic heterocycles. The van der Waals surface area contributed by atoms with E-state index in [-0.39, 0.29) is 5.91 Å². The Hall–Kier alpha value is -4.17. The third kappa shape index (κ3) is 13.8. The zero-order valence-corrected chi connectivity index (χ0v) is 32.0. The standard InChI is InChI=1S/C40H48NO4P.CH4O3S/c1-43-37-31-33(32-38(44-2)40(37)45-3)27-28-39(42)41-29-19-8-6-4-5-7-9-20-30-46(34-21-13-10-14-22-34,35-23-15-11-16-24-35)36-25-17-12-18-26-36;1-5(2,3)4/h10-18,21-28,31-32H,4-9,19-20,29-30H2,1-3H3;1H3,(H,2,3,4)/b28-27+;. The van der Waals surface area contributed by atoms with Crippen LogP contribution in [0.2, 0.25) is 0 Å². The van der Waals surface area contributed by atoms with Crippen LogP contribution >= 0.6 is 7.26 Å². The molecule has 0 radical (unpaired) electrons. The minimum atomic E-state index is -3.92. The molecule has 4 aromatic carbocycles. The quantitative estimate of drug-likeness (QED) is 0.0473. The van der Waals surface area contributed by atoms with E-state index in [4.69, 9.17) is 27.2 Å². The lowest BCUT2D eigenvalue weighted by Gasteiger charge is -2.27. The highest BCUT2D eigenvalue weighted by molar-refractivity contribution is 7.95. The maximum atomic E-state index is 12.3. The first kappa shape index (κ1) is 41.3. The maximum absolute atomic E-state index is 12.3. The molecule has 0 atom stereocenters. The molecule has 0 saturated heterocycles. The van der Waals surface area contributed by atoms with E-state index >= 15 is 0 Å². The van der Waals surface area contributed by atoms with E-state index in [0.29, 0.717) is 30.0 Å². The third-order valence-electron chi connectivity index (χ3n) is 8.42. The van der Waals surface area contributed by atoms with Crippen molar-refractivity contribution >= 4 is 45.3 Å². The molecular weight excluding hydrogens is 681 g/mol. The number of unbranched alkanes of at least 4 members (excludes halogenated alkanes) is 7. The second kappa shape index (κ2) is 21.9. The van der Waals surface area contributed by atoms with Crippen LogP contribution in [-0.2, 0) is 14.9 Å². The molecule has 0 saturated carbocycles. The minimum Gasteiger partial charge on any atom is -0.748 e. The lowest BCUT2D eigenvalue weighted by atomic mass is 10.1. The van der Waals surface area contributed by atoms with Gasteiger partial charge in [0, 0.05) is 18.9 Å². The predicted molar refractivity (Wildman–Crippen MR) is 211 cm³/mol. The molecule has 4 rings (SSSR count). The molecule has 0 unspecified atom stereocenters. The van der Waals surface area contributed by atoms with Crippen molar-refractivity contribution in [2.24, 2.45) is 0 Å². The molecule has 0 aliphatic rings. The van der Waals surface area contributed by atoms with Crippen LogP contribution in [0, 0.1) is 0 Å². The molecule has 0 bridgehead atoms. The van der Waals surface area contributed by atoms with Gasteiger partial charge in [0.2, 0.25) is 11.7 Å². The van der Waals surface area contributed by atoms with Gasteiger partial charge in [-0.3, -0.25) is 4.79 Å². The first-order valence-corrected chi connectivity index (χ1v) is 21.1. The van der Waals surface area contributed by atoms with Gasteiger partial charge in [-0.25, -0.2) is 8.42 Å². The van der Waals surface area contributed by atoms with Crippen LogP contribution in [0.1, 0.15) is 56.9 Å². The predicted octanol–water partition coefficient (Wildman–Crippen LogP) is 7.12. The van der Waals surface area contributed by atoms with Crippen LogP contribution in [0.5, 0.6) is 17.2 Å². The Bertz CT molecular complexity index is 1600. The van der Waals surface area contributed by atoms with Crippen molar-refractivity contribution in [1.82, 2.24) is 5.32 Å². The number of carbonyl (C=O) groups excluding carboxylic acids is 1. The van der Waals surface area contributed by atoms with Crippen molar-refractivity contribution in [2.45, 2.75) is 51.4 Å². The van der Waals surface area contributed by atoms with Crippen molar-refractivity contribution < 1.29 is 32.0 Å². The molecule has 274 valence electrons. The number of amides is 1. The van der Waals surface area contributed by atoms with E-state index in [1.165, 1.54) is 60.6 Å². The summed E-state index contributed by atoms with van der Waals surface area (Å²) in [5, 5.41) is 7.40. The summed E-state index contributed by atoms with van der Waals surface area (Å²) >= 11 is 0. The van der Waals surface area contributed by atoms with Crippen LogP contribution in [0.25, 0.3) is 6.08 Å². The van der Waals surface area contributed by atoms with Gasteiger partial charge in [0.25, 0.3) is 0 Å². The summed E-state index contributed by atoms with van der Waals surface area (Å²) in [4.78, 5) is 12.3. The van der Waals surface area contributed by atoms with Crippen LogP contribution in [0.15, 0.2) is 109 Å². The zero-order valence-electron chi connectivity index (χ0n) is 30.3.